The molecule has 0 bridgehead atoms. The smallest absolute Gasteiger partial charge is 0.346 e. The molecule has 29 heavy (non-hydrogen) atoms. The second-order valence-corrected chi connectivity index (χ2v) is 7.70. The van der Waals surface area contributed by atoms with E-state index in [4.69, 9.17) is 4.74 Å². The highest BCUT2D eigenvalue weighted by Gasteiger charge is 2.24. The van der Waals surface area contributed by atoms with Crippen LogP contribution in [-0.2, 0) is 4.74 Å². The fourth-order valence-corrected chi connectivity index (χ4v) is 4.24. The molecule has 3 nitrogen and oxygen atoms in total. The van der Waals surface area contributed by atoms with Crippen molar-refractivity contribution < 1.29 is 14.3 Å². The number of rotatable bonds is 3. The van der Waals surface area contributed by atoms with Crippen molar-refractivity contribution in [2.45, 2.75) is 41.5 Å². The van der Waals surface area contributed by atoms with E-state index in [1.54, 1.807) is 0 Å². The van der Waals surface area contributed by atoms with E-state index in [1.807, 2.05) is 90.1 Å². The van der Waals surface area contributed by atoms with Gasteiger partial charge in [0.25, 0.3) is 0 Å². The minimum Gasteiger partial charge on any atom is -0.386 e. The summed E-state index contributed by atoms with van der Waals surface area (Å²) in [5, 5.41) is 0. The first-order valence-electron chi connectivity index (χ1n) is 9.71. The molecule has 3 heteroatoms. The molecule has 0 radical (unpaired) electrons. The molecule has 3 rings (SSSR count). The highest BCUT2D eigenvalue weighted by Crippen LogP contribution is 2.32. The zero-order valence-corrected chi connectivity index (χ0v) is 17.8. The van der Waals surface area contributed by atoms with E-state index in [2.05, 4.69) is 0 Å². The molecule has 0 spiro atoms. The first kappa shape index (κ1) is 20.5. The third-order valence-corrected chi connectivity index (χ3v) is 5.30. The van der Waals surface area contributed by atoms with Crippen molar-refractivity contribution in [1.82, 2.24) is 0 Å². The predicted molar refractivity (Wildman–Crippen MR) is 116 cm³/mol. The summed E-state index contributed by atoms with van der Waals surface area (Å²) in [6.07, 6.45) is 0. The lowest BCUT2D eigenvalue weighted by Crippen LogP contribution is -2.17. The number of carbonyl (C=O) groups excluding carboxylic acids is 2. The minimum atomic E-state index is -0.610. The van der Waals surface area contributed by atoms with Crippen LogP contribution in [-0.4, -0.2) is 11.9 Å². The fraction of sp³-hybridized carbons (Fsp3) is 0.231. The molecule has 0 aromatic heterocycles. The molecule has 0 N–H and O–H groups in total. The van der Waals surface area contributed by atoms with Crippen molar-refractivity contribution in [2.75, 3.05) is 0 Å². The van der Waals surface area contributed by atoms with Crippen molar-refractivity contribution in [1.29, 1.82) is 0 Å². The monoisotopic (exact) mass is 386 g/mol. The van der Waals surface area contributed by atoms with Gasteiger partial charge in [0.2, 0.25) is 0 Å². The van der Waals surface area contributed by atoms with E-state index >= 15 is 0 Å². The highest BCUT2D eigenvalue weighted by molar-refractivity contribution is 6.06. The van der Waals surface area contributed by atoms with E-state index in [0.717, 1.165) is 44.5 Å². The van der Waals surface area contributed by atoms with Crippen LogP contribution < -0.4 is 0 Å². The van der Waals surface area contributed by atoms with E-state index < -0.39 is 11.9 Å². The average Bonchev–Trinajstić information content (AvgIpc) is 2.61. The van der Waals surface area contributed by atoms with Crippen LogP contribution in [0.4, 0.5) is 0 Å². The summed E-state index contributed by atoms with van der Waals surface area (Å²) in [4.78, 5) is 25.8. The zero-order chi connectivity index (χ0) is 21.3. The molecule has 0 amide bonds. The molecule has 3 aromatic carbocycles. The molecule has 0 aliphatic rings. The number of esters is 2. The second kappa shape index (κ2) is 8.04. The Hall–Kier alpha value is -3.20. The number of hydrogen-bond acceptors (Lipinski definition) is 3. The quantitative estimate of drug-likeness (QED) is 0.397. The summed E-state index contributed by atoms with van der Waals surface area (Å²) >= 11 is 0. The molecule has 0 heterocycles. The Morgan fingerprint density at radius 3 is 1.76 bits per heavy atom. The van der Waals surface area contributed by atoms with Gasteiger partial charge in [-0.05, 0) is 80.5 Å². The summed E-state index contributed by atoms with van der Waals surface area (Å²) in [7, 11) is 0. The summed E-state index contributed by atoms with van der Waals surface area (Å²) in [6.45, 7) is 11.5. The number of carbonyl (C=O) groups is 2. The van der Waals surface area contributed by atoms with Gasteiger partial charge in [-0.2, -0.15) is 0 Å². The number of ether oxygens (including phenoxy) is 1. The van der Waals surface area contributed by atoms with Gasteiger partial charge in [0.1, 0.15) is 0 Å². The van der Waals surface area contributed by atoms with Crippen LogP contribution in [0.15, 0.2) is 48.5 Å². The maximum Gasteiger partial charge on any atom is 0.346 e. The topological polar surface area (TPSA) is 43.4 Å². The summed E-state index contributed by atoms with van der Waals surface area (Å²) in [5.74, 6) is -1.22. The van der Waals surface area contributed by atoms with Gasteiger partial charge in [0, 0.05) is 0 Å². The molecular weight excluding hydrogens is 360 g/mol. The van der Waals surface area contributed by atoms with Gasteiger partial charge in [0.05, 0.1) is 11.1 Å². The molecule has 0 unspecified atom stereocenters. The average molecular weight is 386 g/mol. The van der Waals surface area contributed by atoms with Crippen LogP contribution in [0.5, 0.6) is 0 Å². The number of benzene rings is 3. The Morgan fingerprint density at radius 1 is 0.655 bits per heavy atom. The van der Waals surface area contributed by atoms with Gasteiger partial charge >= 0.3 is 11.9 Å². The Bertz CT molecular complexity index is 1090. The molecule has 0 fully saturated rings. The van der Waals surface area contributed by atoms with Crippen molar-refractivity contribution in [3.8, 4) is 11.1 Å². The van der Waals surface area contributed by atoms with Gasteiger partial charge in [-0.1, -0.05) is 54.1 Å². The van der Waals surface area contributed by atoms with E-state index in [-0.39, 0.29) is 0 Å². The molecule has 0 atom stereocenters. The fourth-order valence-electron chi connectivity index (χ4n) is 4.24. The lowest BCUT2D eigenvalue weighted by molar-refractivity contribution is 0.0396. The first-order chi connectivity index (χ1) is 13.7. The van der Waals surface area contributed by atoms with Crippen molar-refractivity contribution >= 4 is 11.9 Å². The Morgan fingerprint density at radius 2 is 1.17 bits per heavy atom. The van der Waals surface area contributed by atoms with Crippen LogP contribution >= 0.6 is 0 Å². The molecule has 3 aromatic rings. The van der Waals surface area contributed by atoms with Gasteiger partial charge < -0.3 is 4.74 Å². The molecule has 0 saturated heterocycles. The van der Waals surface area contributed by atoms with Gasteiger partial charge in [-0.25, -0.2) is 9.59 Å². The minimum absolute atomic E-state index is 0.449. The third kappa shape index (κ3) is 4.00. The van der Waals surface area contributed by atoms with Gasteiger partial charge in [-0.3, -0.25) is 0 Å². The lowest BCUT2D eigenvalue weighted by Gasteiger charge is -2.17. The van der Waals surface area contributed by atoms with Crippen molar-refractivity contribution in [3.63, 3.8) is 0 Å². The zero-order valence-electron chi connectivity index (χ0n) is 17.8. The Balaban J connectivity index is 2.01. The molecule has 0 saturated carbocycles. The van der Waals surface area contributed by atoms with Gasteiger partial charge in [0.15, 0.2) is 0 Å². The van der Waals surface area contributed by atoms with Crippen molar-refractivity contribution in [3.05, 3.63) is 93.0 Å². The maximum absolute atomic E-state index is 13.0. The first-order valence-corrected chi connectivity index (χ1v) is 9.71. The largest absolute Gasteiger partial charge is 0.386 e. The van der Waals surface area contributed by atoms with Crippen LogP contribution in [0.2, 0.25) is 0 Å². The Labute approximate surface area is 172 Å². The molecule has 0 aliphatic heterocycles. The Kier molecular flexibility index (Phi) is 5.69. The lowest BCUT2D eigenvalue weighted by atomic mass is 9.89. The highest BCUT2D eigenvalue weighted by atomic mass is 16.6. The number of aryl methyl sites for hydroxylation is 5. The normalized spacial score (nSPS) is 10.7. The summed E-state index contributed by atoms with van der Waals surface area (Å²) in [6, 6.07) is 15.8. The van der Waals surface area contributed by atoms with Crippen LogP contribution in [0.25, 0.3) is 11.1 Å². The molecule has 0 aliphatic carbocycles. The van der Waals surface area contributed by atoms with E-state index in [1.165, 1.54) is 0 Å². The summed E-state index contributed by atoms with van der Waals surface area (Å²) in [5.41, 5.74) is 8.33. The second-order valence-electron chi connectivity index (χ2n) is 7.70. The van der Waals surface area contributed by atoms with Crippen LogP contribution in [0, 0.1) is 41.5 Å². The molecular formula is C26H26O3. The predicted octanol–water partition coefficient (Wildman–Crippen LogP) is 6.20. The standard InChI is InChI=1S/C26H26O3/c1-15-12-16(2)22(17(3)13-15)25(27)29-26(28)24-19(5)14-18(4)23(20(24)6)21-10-8-7-9-11-21/h7-14H,1-6H3. The van der Waals surface area contributed by atoms with E-state index in [9.17, 15) is 9.59 Å². The van der Waals surface area contributed by atoms with Crippen LogP contribution in [0.1, 0.15) is 54.1 Å². The maximum atomic E-state index is 13.0. The van der Waals surface area contributed by atoms with Crippen LogP contribution in [0.3, 0.4) is 0 Å². The number of hydrogen-bond donors (Lipinski definition) is 0. The molecule has 148 valence electrons. The van der Waals surface area contributed by atoms with Crippen molar-refractivity contribution in [2.24, 2.45) is 0 Å². The van der Waals surface area contributed by atoms with E-state index in [0.29, 0.717) is 11.1 Å². The van der Waals surface area contributed by atoms with Gasteiger partial charge in [-0.15, -0.1) is 0 Å². The SMILES string of the molecule is Cc1cc(C)c(C(=O)OC(=O)c2c(C)cc(C)c(-c3ccccc3)c2C)c(C)c1. The summed E-state index contributed by atoms with van der Waals surface area (Å²) < 4.78 is 5.34. The third-order valence-electron chi connectivity index (χ3n) is 5.30.